The molecule has 7 nitrogen and oxygen atoms in total. The van der Waals surface area contributed by atoms with Gasteiger partial charge >= 0.3 is 0 Å². The molecule has 0 radical (unpaired) electrons. The quantitative estimate of drug-likeness (QED) is 0.422. The highest BCUT2D eigenvalue weighted by Gasteiger charge is 2.21. The lowest BCUT2D eigenvalue weighted by Gasteiger charge is -2.10. The number of thiophene rings is 1. The zero-order chi connectivity index (χ0) is 20.9. The summed E-state index contributed by atoms with van der Waals surface area (Å²) in [6.07, 6.45) is 5.00. The fourth-order valence-electron chi connectivity index (χ4n) is 3.13. The first-order valence-corrected chi connectivity index (χ1v) is 11.1. The number of hydrogen-bond acceptors (Lipinski definition) is 7. The summed E-state index contributed by atoms with van der Waals surface area (Å²) in [4.78, 5) is 27.2. The van der Waals surface area contributed by atoms with E-state index >= 15 is 0 Å². The minimum atomic E-state index is -0.111. The van der Waals surface area contributed by atoms with Crippen LogP contribution in [-0.2, 0) is 11.3 Å². The SMILES string of the molecule is COCCNC(=O)c1cc(-c2csc(-c3cnccn3)n2)n(Cc2cccs2)c1C. The topological polar surface area (TPSA) is 81.9 Å². The van der Waals surface area contributed by atoms with Gasteiger partial charge in [0.25, 0.3) is 5.91 Å². The van der Waals surface area contributed by atoms with Crippen molar-refractivity contribution in [3.8, 4) is 22.1 Å². The maximum absolute atomic E-state index is 12.8. The average Bonchev–Trinajstić information content (AvgIpc) is 3.51. The highest BCUT2D eigenvalue weighted by atomic mass is 32.1. The van der Waals surface area contributed by atoms with Crippen molar-refractivity contribution in [2.45, 2.75) is 13.5 Å². The van der Waals surface area contributed by atoms with Crippen molar-refractivity contribution in [2.75, 3.05) is 20.3 Å². The number of rotatable bonds is 8. The van der Waals surface area contributed by atoms with Crippen molar-refractivity contribution >= 4 is 28.6 Å². The van der Waals surface area contributed by atoms with Gasteiger partial charge in [-0.1, -0.05) is 6.07 Å². The number of hydrogen-bond donors (Lipinski definition) is 1. The van der Waals surface area contributed by atoms with Crippen molar-refractivity contribution in [2.24, 2.45) is 0 Å². The summed E-state index contributed by atoms with van der Waals surface area (Å²) < 4.78 is 7.18. The number of methoxy groups -OCH3 is 1. The van der Waals surface area contributed by atoms with Gasteiger partial charge in [-0.15, -0.1) is 22.7 Å². The number of thiazole rings is 1. The van der Waals surface area contributed by atoms with E-state index in [9.17, 15) is 4.79 Å². The van der Waals surface area contributed by atoms with Crippen molar-refractivity contribution in [1.29, 1.82) is 0 Å². The standard InChI is InChI=1S/C21H21N5O2S2/c1-14-16(20(27)24-7-8-28-2)10-19(26(14)12-15-4-3-9-29-15)18-13-30-21(25-18)17-11-22-5-6-23-17/h3-6,9-11,13H,7-8,12H2,1-2H3,(H,24,27). The number of ether oxygens (including phenoxy) is 1. The Labute approximate surface area is 182 Å². The molecule has 0 atom stereocenters. The molecule has 9 heteroatoms. The van der Waals surface area contributed by atoms with E-state index in [0.29, 0.717) is 25.3 Å². The molecule has 4 heterocycles. The van der Waals surface area contributed by atoms with Crippen LogP contribution in [0.2, 0.25) is 0 Å². The van der Waals surface area contributed by atoms with Gasteiger partial charge in [-0.05, 0) is 24.4 Å². The molecule has 0 aliphatic heterocycles. The molecular weight excluding hydrogens is 418 g/mol. The van der Waals surface area contributed by atoms with Crippen molar-refractivity contribution in [1.82, 2.24) is 24.8 Å². The van der Waals surface area contributed by atoms with Crippen LogP contribution in [0.3, 0.4) is 0 Å². The van der Waals surface area contributed by atoms with Crippen LogP contribution in [0, 0.1) is 6.92 Å². The van der Waals surface area contributed by atoms with Gasteiger partial charge in [0, 0.05) is 42.0 Å². The van der Waals surface area contributed by atoms with Gasteiger partial charge in [-0.3, -0.25) is 14.8 Å². The lowest BCUT2D eigenvalue weighted by molar-refractivity contribution is 0.0936. The Morgan fingerprint density at radius 3 is 2.90 bits per heavy atom. The van der Waals surface area contributed by atoms with E-state index in [1.807, 2.05) is 24.4 Å². The Morgan fingerprint density at radius 1 is 1.27 bits per heavy atom. The second-order valence-corrected chi connectivity index (χ2v) is 8.46. The van der Waals surface area contributed by atoms with Crippen LogP contribution in [0.5, 0.6) is 0 Å². The molecule has 1 amide bonds. The van der Waals surface area contributed by atoms with Gasteiger partial charge in [-0.2, -0.15) is 0 Å². The third-order valence-electron chi connectivity index (χ3n) is 4.65. The van der Waals surface area contributed by atoms with E-state index in [-0.39, 0.29) is 5.91 Å². The number of carbonyl (C=O) groups is 1. The number of nitrogens with zero attached hydrogens (tertiary/aromatic N) is 4. The molecule has 0 saturated carbocycles. The van der Waals surface area contributed by atoms with Crippen LogP contribution in [0.4, 0.5) is 0 Å². The molecule has 0 spiro atoms. The third-order valence-corrected chi connectivity index (χ3v) is 6.37. The first-order chi connectivity index (χ1) is 14.7. The van der Waals surface area contributed by atoms with Gasteiger partial charge in [0.1, 0.15) is 10.7 Å². The van der Waals surface area contributed by atoms with Crippen molar-refractivity contribution in [3.63, 3.8) is 0 Å². The fraction of sp³-hybridized carbons (Fsp3) is 0.238. The summed E-state index contributed by atoms with van der Waals surface area (Å²) >= 11 is 3.21. The van der Waals surface area contributed by atoms with Gasteiger partial charge < -0.3 is 14.6 Å². The van der Waals surface area contributed by atoms with E-state index in [4.69, 9.17) is 9.72 Å². The molecular formula is C21H21N5O2S2. The molecule has 0 aliphatic carbocycles. The number of amides is 1. The average molecular weight is 440 g/mol. The summed E-state index contributed by atoms with van der Waals surface area (Å²) in [5.74, 6) is -0.111. The predicted octanol–water partition coefficient (Wildman–Crippen LogP) is 3.86. The van der Waals surface area contributed by atoms with Crippen molar-refractivity contribution in [3.05, 3.63) is 63.7 Å². The minimum Gasteiger partial charge on any atom is -0.383 e. The molecule has 30 heavy (non-hydrogen) atoms. The molecule has 0 aromatic carbocycles. The molecule has 0 unspecified atom stereocenters. The Balaban J connectivity index is 1.71. The Bertz CT molecular complexity index is 1120. The maximum atomic E-state index is 12.8. The van der Waals surface area contributed by atoms with E-state index < -0.39 is 0 Å². The lowest BCUT2D eigenvalue weighted by Crippen LogP contribution is -2.27. The van der Waals surface area contributed by atoms with Gasteiger partial charge in [0.05, 0.1) is 36.3 Å². The second-order valence-electron chi connectivity index (χ2n) is 6.57. The van der Waals surface area contributed by atoms with Crippen LogP contribution >= 0.6 is 22.7 Å². The zero-order valence-electron chi connectivity index (χ0n) is 16.7. The Kier molecular flexibility index (Phi) is 6.32. The van der Waals surface area contributed by atoms with E-state index in [1.165, 1.54) is 16.2 Å². The molecule has 4 aromatic rings. The monoisotopic (exact) mass is 439 g/mol. The van der Waals surface area contributed by atoms with Gasteiger partial charge in [-0.25, -0.2) is 4.98 Å². The highest BCUT2D eigenvalue weighted by Crippen LogP contribution is 2.31. The smallest absolute Gasteiger partial charge is 0.253 e. The molecule has 0 bridgehead atoms. The van der Waals surface area contributed by atoms with Crippen molar-refractivity contribution < 1.29 is 9.53 Å². The molecule has 4 aromatic heterocycles. The van der Waals surface area contributed by atoms with E-state index in [0.717, 1.165) is 27.8 Å². The van der Waals surface area contributed by atoms with Gasteiger partial charge in [0.15, 0.2) is 0 Å². The van der Waals surface area contributed by atoms with Crippen LogP contribution < -0.4 is 5.32 Å². The maximum Gasteiger partial charge on any atom is 0.253 e. The largest absolute Gasteiger partial charge is 0.383 e. The minimum absolute atomic E-state index is 0.111. The summed E-state index contributed by atoms with van der Waals surface area (Å²) in [6.45, 7) is 3.59. The normalized spacial score (nSPS) is 11.0. The third kappa shape index (κ3) is 4.33. The summed E-state index contributed by atoms with van der Waals surface area (Å²) in [7, 11) is 1.62. The first-order valence-electron chi connectivity index (χ1n) is 9.39. The van der Waals surface area contributed by atoms with E-state index in [2.05, 4.69) is 31.3 Å². The number of carbonyl (C=O) groups excluding carboxylic acids is 1. The number of aromatic nitrogens is 4. The summed E-state index contributed by atoms with van der Waals surface area (Å²) in [6, 6.07) is 6.05. The molecule has 154 valence electrons. The second kappa shape index (κ2) is 9.29. The molecule has 0 fully saturated rings. The first kappa shape index (κ1) is 20.4. The predicted molar refractivity (Wildman–Crippen MR) is 119 cm³/mol. The van der Waals surface area contributed by atoms with Crippen LogP contribution in [-0.4, -0.2) is 45.7 Å². The Morgan fingerprint density at radius 2 is 2.17 bits per heavy atom. The van der Waals surface area contributed by atoms with Crippen LogP contribution in [0.25, 0.3) is 22.1 Å². The summed E-state index contributed by atoms with van der Waals surface area (Å²) in [5, 5.41) is 7.76. The Hall–Kier alpha value is -2.88. The molecule has 4 rings (SSSR count). The number of nitrogens with one attached hydrogen (secondary N) is 1. The highest BCUT2D eigenvalue weighted by molar-refractivity contribution is 7.13. The van der Waals surface area contributed by atoms with E-state index in [1.54, 1.807) is 37.0 Å². The zero-order valence-corrected chi connectivity index (χ0v) is 18.3. The molecule has 0 saturated heterocycles. The molecule has 0 aliphatic rings. The molecule has 1 N–H and O–H groups in total. The fourth-order valence-corrected chi connectivity index (χ4v) is 4.60. The lowest BCUT2D eigenvalue weighted by atomic mass is 10.2. The van der Waals surface area contributed by atoms with Crippen LogP contribution in [0.15, 0.2) is 47.5 Å². The summed E-state index contributed by atoms with van der Waals surface area (Å²) in [5.41, 5.74) is 4.01. The van der Waals surface area contributed by atoms with Gasteiger partial charge in [0.2, 0.25) is 0 Å². The van der Waals surface area contributed by atoms with Crippen LogP contribution in [0.1, 0.15) is 20.9 Å².